The van der Waals surface area contributed by atoms with Crippen LogP contribution in [0.25, 0.3) is 0 Å². The maximum atomic E-state index is 10.8. The van der Waals surface area contributed by atoms with E-state index in [1.165, 1.54) is 6.07 Å². The number of nitro groups is 1. The predicted octanol–water partition coefficient (Wildman–Crippen LogP) is 3.13. The summed E-state index contributed by atoms with van der Waals surface area (Å²) >= 11 is 0. The topological polar surface area (TPSA) is 64.4 Å². The van der Waals surface area contributed by atoms with E-state index in [2.05, 4.69) is 19.2 Å². The van der Waals surface area contributed by atoms with Gasteiger partial charge in [-0.2, -0.15) is 0 Å². The second kappa shape index (κ2) is 7.74. The molecular formula is C14H22N2O3. The van der Waals surface area contributed by atoms with E-state index in [9.17, 15) is 10.1 Å². The molecule has 1 rings (SSSR count). The van der Waals surface area contributed by atoms with Gasteiger partial charge in [-0.05, 0) is 19.0 Å². The minimum absolute atomic E-state index is 0.0973. The third-order valence-corrected chi connectivity index (χ3v) is 3.25. The van der Waals surface area contributed by atoms with Crippen LogP contribution in [0.3, 0.4) is 0 Å². The van der Waals surface area contributed by atoms with Gasteiger partial charge in [0.05, 0.1) is 11.5 Å². The minimum atomic E-state index is -0.385. The van der Waals surface area contributed by atoms with E-state index in [0.29, 0.717) is 19.1 Å². The Morgan fingerprint density at radius 2 is 2.05 bits per heavy atom. The Labute approximate surface area is 114 Å². The van der Waals surface area contributed by atoms with Gasteiger partial charge in [0.2, 0.25) is 0 Å². The maximum Gasteiger partial charge on any atom is 0.270 e. The Bertz CT molecular complexity index is 417. The Morgan fingerprint density at radius 1 is 1.37 bits per heavy atom. The standard InChI is InChI=1S/C14H22N2O3/c1-4-11(5-2)10-19-14-7-6-13(16(17)18)8-12(14)9-15-3/h6-8,11,15H,4-5,9-10H2,1-3H3. The number of benzene rings is 1. The van der Waals surface area contributed by atoms with Crippen molar-refractivity contribution >= 4 is 5.69 Å². The highest BCUT2D eigenvalue weighted by molar-refractivity contribution is 5.43. The van der Waals surface area contributed by atoms with E-state index in [0.717, 1.165) is 24.2 Å². The van der Waals surface area contributed by atoms with Gasteiger partial charge in [-0.1, -0.05) is 26.7 Å². The van der Waals surface area contributed by atoms with Crippen LogP contribution in [-0.2, 0) is 6.54 Å². The first-order valence-electron chi connectivity index (χ1n) is 6.67. The summed E-state index contributed by atoms with van der Waals surface area (Å²) in [5.41, 5.74) is 0.919. The molecule has 0 fully saturated rings. The zero-order valence-corrected chi connectivity index (χ0v) is 11.8. The van der Waals surface area contributed by atoms with E-state index >= 15 is 0 Å². The van der Waals surface area contributed by atoms with Gasteiger partial charge < -0.3 is 10.1 Å². The number of rotatable bonds is 8. The summed E-state index contributed by atoms with van der Waals surface area (Å²) in [5, 5.41) is 13.8. The molecule has 0 atom stereocenters. The Balaban J connectivity index is 2.84. The first-order valence-corrected chi connectivity index (χ1v) is 6.67. The smallest absolute Gasteiger partial charge is 0.270 e. The molecule has 1 aromatic carbocycles. The minimum Gasteiger partial charge on any atom is -0.493 e. The van der Waals surface area contributed by atoms with Gasteiger partial charge in [-0.25, -0.2) is 0 Å². The van der Waals surface area contributed by atoms with Gasteiger partial charge in [0.25, 0.3) is 5.69 Å². The highest BCUT2D eigenvalue weighted by Crippen LogP contribution is 2.25. The molecule has 0 saturated carbocycles. The van der Waals surface area contributed by atoms with E-state index in [-0.39, 0.29) is 10.6 Å². The van der Waals surface area contributed by atoms with Crippen molar-refractivity contribution in [2.75, 3.05) is 13.7 Å². The molecule has 106 valence electrons. The molecule has 0 aliphatic rings. The normalized spacial score (nSPS) is 10.7. The van der Waals surface area contributed by atoms with Gasteiger partial charge in [-0.15, -0.1) is 0 Å². The summed E-state index contributed by atoms with van der Waals surface area (Å²) in [5.74, 6) is 1.25. The molecule has 0 heterocycles. The van der Waals surface area contributed by atoms with Crippen LogP contribution in [0.1, 0.15) is 32.3 Å². The molecule has 5 heteroatoms. The quantitative estimate of drug-likeness (QED) is 0.580. The van der Waals surface area contributed by atoms with Crippen molar-refractivity contribution in [2.45, 2.75) is 33.2 Å². The summed E-state index contributed by atoms with van der Waals surface area (Å²) < 4.78 is 5.81. The second-order valence-electron chi connectivity index (χ2n) is 4.57. The molecule has 0 spiro atoms. The Morgan fingerprint density at radius 3 is 2.58 bits per heavy atom. The second-order valence-corrected chi connectivity index (χ2v) is 4.57. The van der Waals surface area contributed by atoms with Crippen molar-refractivity contribution in [3.63, 3.8) is 0 Å². The van der Waals surface area contributed by atoms with Crippen LogP contribution in [-0.4, -0.2) is 18.6 Å². The van der Waals surface area contributed by atoms with Gasteiger partial charge in [0.1, 0.15) is 5.75 Å². The van der Waals surface area contributed by atoms with Crippen molar-refractivity contribution in [3.8, 4) is 5.75 Å². The number of nitrogens with one attached hydrogen (secondary N) is 1. The molecule has 0 aromatic heterocycles. The lowest BCUT2D eigenvalue weighted by molar-refractivity contribution is -0.384. The third-order valence-electron chi connectivity index (χ3n) is 3.25. The average Bonchev–Trinajstić information content (AvgIpc) is 2.41. The summed E-state index contributed by atoms with van der Waals surface area (Å²) in [7, 11) is 1.81. The van der Waals surface area contributed by atoms with E-state index in [4.69, 9.17) is 4.74 Å². The molecule has 5 nitrogen and oxygen atoms in total. The van der Waals surface area contributed by atoms with Crippen molar-refractivity contribution in [2.24, 2.45) is 5.92 Å². The third kappa shape index (κ3) is 4.52. The number of hydrogen-bond acceptors (Lipinski definition) is 4. The van der Waals surface area contributed by atoms with Crippen LogP contribution in [0.2, 0.25) is 0 Å². The predicted molar refractivity (Wildman–Crippen MR) is 75.4 cm³/mol. The fourth-order valence-electron chi connectivity index (χ4n) is 1.88. The summed E-state index contributed by atoms with van der Waals surface area (Å²) in [4.78, 5) is 10.4. The molecule has 0 radical (unpaired) electrons. The fraction of sp³-hybridized carbons (Fsp3) is 0.571. The lowest BCUT2D eigenvalue weighted by Gasteiger charge is -2.16. The average molecular weight is 266 g/mol. The summed E-state index contributed by atoms with van der Waals surface area (Å²) in [6, 6.07) is 4.74. The van der Waals surface area contributed by atoms with Gasteiger partial charge in [0.15, 0.2) is 0 Å². The van der Waals surface area contributed by atoms with Crippen LogP contribution < -0.4 is 10.1 Å². The number of nitro benzene ring substituents is 1. The van der Waals surface area contributed by atoms with Gasteiger partial charge in [0, 0.05) is 24.2 Å². The SMILES string of the molecule is CCC(CC)COc1ccc([N+](=O)[O-])cc1CNC. The fourth-order valence-corrected chi connectivity index (χ4v) is 1.88. The molecule has 0 bridgehead atoms. The monoisotopic (exact) mass is 266 g/mol. The van der Waals surface area contributed by atoms with Crippen LogP contribution >= 0.6 is 0 Å². The van der Waals surface area contributed by atoms with Crippen LogP contribution in [0, 0.1) is 16.0 Å². The van der Waals surface area contributed by atoms with E-state index in [1.807, 2.05) is 7.05 Å². The summed E-state index contributed by atoms with van der Waals surface area (Å²) in [6.45, 7) is 5.49. The molecule has 0 unspecified atom stereocenters. The lowest BCUT2D eigenvalue weighted by Crippen LogP contribution is -2.13. The van der Waals surface area contributed by atoms with Crippen molar-refractivity contribution in [3.05, 3.63) is 33.9 Å². The zero-order chi connectivity index (χ0) is 14.3. The van der Waals surface area contributed by atoms with Crippen LogP contribution in [0.15, 0.2) is 18.2 Å². The molecular weight excluding hydrogens is 244 g/mol. The van der Waals surface area contributed by atoms with Gasteiger partial charge >= 0.3 is 0 Å². The highest BCUT2D eigenvalue weighted by atomic mass is 16.6. The first kappa shape index (κ1) is 15.4. The zero-order valence-electron chi connectivity index (χ0n) is 11.8. The molecule has 1 N–H and O–H groups in total. The molecule has 0 aliphatic carbocycles. The number of non-ortho nitro benzene ring substituents is 1. The molecule has 0 aliphatic heterocycles. The Kier molecular flexibility index (Phi) is 6.29. The number of nitrogens with zero attached hydrogens (tertiary/aromatic N) is 1. The molecule has 0 amide bonds. The number of ether oxygens (including phenoxy) is 1. The number of hydrogen-bond donors (Lipinski definition) is 1. The maximum absolute atomic E-state index is 10.8. The highest BCUT2D eigenvalue weighted by Gasteiger charge is 2.12. The molecule has 1 aromatic rings. The molecule has 19 heavy (non-hydrogen) atoms. The largest absolute Gasteiger partial charge is 0.493 e. The van der Waals surface area contributed by atoms with Crippen LogP contribution in [0.4, 0.5) is 5.69 Å². The van der Waals surface area contributed by atoms with Gasteiger partial charge in [-0.3, -0.25) is 10.1 Å². The lowest BCUT2D eigenvalue weighted by atomic mass is 10.1. The Hall–Kier alpha value is -1.62. The van der Waals surface area contributed by atoms with Crippen molar-refractivity contribution < 1.29 is 9.66 Å². The first-order chi connectivity index (χ1) is 9.12. The van der Waals surface area contributed by atoms with Crippen molar-refractivity contribution in [1.29, 1.82) is 0 Å². The summed E-state index contributed by atoms with van der Waals surface area (Å²) in [6.07, 6.45) is 2.15. The van der Waals surface area contributed by atoms with Crippen LogP contribution in [0.5, 0.6) is 5.75 Å². The van der Waals surface area contributed by atoms with Crippen molar-refractivity contribution in [1.82, 2.24) is 5.32 Å². The van der Waals surface area contributed by atoms with E-state index in [1.54, 1.807) is 12.1 Å². The van der Waals surface area contributed by atoms with E-state index < -0.39 is 0 Å². The molecule has 0 saturated heterocycles.